The van der Waals surface area contributed by atoms with Gasteiger partial charge in [-0.15, -0.1) is 0 Å². The number of carboxylic acid groups (broad SMARTS) is 2. The summed E-state index contributed by atoms with van der Waals surface area (Å²) in [5.41, 5.74) is -0.306. The Bertz CT molecular complexity index is 222. The van der Waals surface area contributed by atoms with Gasteiger partial charge in [0.2, 0.25) is 0 Å². The van der Waals surface area contributed by atoms with Crippen molar-refractivity contribution in [2.24, 2.45) is 5.41 Å². The van der Waals surface area contributed by atoms with Crippen molar-refractivity contribution in [2.75, 3.05) is 20.3 Å². The maximum Gasteiger partial charge on any atom is 0.327 e. The zero-order chi connectivity index (χ0) is 16.5. The molecule has 7 nitrogen and oxygen atoms in total. The van der Waals surface area contributed by atoms with Gasteiger partial charge in [-0.3, -0.25) is 0 Å². The van der Waals surface area contributed by atoms with E-state index in [2.05, 4.69) is 13.2 Å². The van der Waals surface area contributed by atoms with Gasteiger partial charge in [0.15, 0.2) is 0 Å². The SMILES string of the molecule is C=CC(=O)O.C=CC(=O)O.CC(C)(CO)CO.CO. The molecule has 19 heavy (non-hydrogen) atoms. The number of hydrogen-bond acceptors (Lipinski definition) is 5. The summed E-state index contributed by atoms with van der Waals surface area (Å²) in [5, 5.41) is 39.1. The third kappa shape index (κ3) is 48.4. The van der Waals surface area contributed by atoms with Gasteiger partial charge in [0.05, 0.1) is 13.2 Å². The topological polar surface area (TPSA) is 135 Å². The highest BCUT2D eigenvalue weighted by Gasteiger charge is 2.13. The molecule has 0 aliphatic heterocycles. The van der Waals surface area contributed by atoms with Crippen molar-refractivity contribution in [3.8, 4) is 0 Å². The predicted octanol–water partition coefficient (Wildman–Crippen LogP) is 0.120. The zero-order valence-electron chi connectivity index (χ0n) is 11.5. The van der Waals surface area contributed by atoms with Crippen LogP contribution in [0.2, 0.25) is 0 Å². The lowest BCUT2D eigenvalue weighted by Gasteiger charge is -2.16. The van der Waals surface area contributed by atoms with Crippen molar-refractivity contribution >= 4 is 11.9 Å². The van der Waals surface area contributed by atoms with Crippen molar-refractivity contribution < 1.29 is 35.1 Å². The second-order valence-corrected chi connectivity index (χ2v) is 3.57. The van der Waals surface area contributed by atoms with E-state index in [4.69, 9.17) is 25.5 Å². The fraction of sp³-hybridized carbons (Fsp3) is 0.500. The number of aliphatic carboxylic acids is 2. The van der Waals surface area contributed by atoms with E-state index < -0.39 is 11.9 Å². The standard InChI is InChI=1S/C5H12O2.2C3H4O2.CH4O/c1-5(2,3-6)4-7;2*1-2-3(4)5;1-2/h6-7H,3-4H2,1-2H3;2*2H,1H2,(H,4,5);2H,1H3. The molecular formula is C12H24O7. The predicted molar refractivity (Wildman–Crippen MR) is 71.8 cm³/mol. The Balaban J connectivity index is -0.0000000848. The first-order chi connectivity index (χ1) is 8.66. The van der Waals surface area contributed by atoms with Crippen LogP contribution in [0, 0.1) is 5.41 Å². The van der Waals surface area contributed by atoms with Crippen LogP contribution in [-0.4, -0.2) is 57.8 Å². The van der Waals surface area contributed by atoms with Crippen LogP contribution in [0.3, 0.4) is 0 Å². The molecule has 0 amide bonds. The molecule has 5 N–H and O–H groups in total. The molecule has 0 saturated carbocycles. The Kier molecular flexibility index (Phi) is 25.5. The van der Waals surface area contributed by atoms with Gasteiger partial charge in [0, 0.05) is 24.7 Å². The molecule has 0 heterocycles. The molecule has 7 heteroatoms. The normalized spacial score (nSPS) is 8.11. The fourth-order valence-electron chi connectivity index (χ4n) is 0.0500. The van der Waals surface area contributed by atoms with Crippen LogP contribution in [0.5, 0.6) is 0 Å². The van der Waals surface area contributed by atoms with Crippen molar-refractivity contribution in [3.05, 3.63) is 25.3 Å². The second-order valence-electron chi connectivity index (χ2n) is 3.57. The largest absolute Gasteiger partial charge is 0.478 e. The maximum absolute atomic E-state index is 9.25. The summed E-state index contributed by atoms with van der Waals surface area (Å²) in [6, 6.07) is 0. The van der Waals surface area contributed by atoms with E-state index in [9.17, 15) is 9.59 Å². The quantitative estimate of drug-likeness (QED) is 0.461. The second kappa shape index (κ2) is 18.7. The van der Waals surface area contributed by atoms with Gasteiger partial charge >= 0.3 is 11.9 Å². The molecule has 0 bridgehead atoms. The van der Waals surface area contributed by atoms with Crippen molar-refractivity contribution in [2.45, 2.75) is 13.8 Å². The first-order valence-electron chi connectivity index (χ1n) is 5.04. The van der Waals surface area contributed by atoms with E-state index in [1.807, 2.05) is 0 Å². The van der Waals surface area contributed by atoms with Crippen LogP contribution < -0.4 is 0 Å². The molecule has 0 spiro atoms. The van der Waals surface area contributed by atoms with Gasteiger partial charge in [-0.2, -0.15) is 0 Å². The van der Waals surface area contributed by atoms with Crippen LogP contribution in [0.25, 0.3) is 0 Å². The molecule has 0 radical (unpaired) electrons. The van der Waals surface area contributed by atoms with Crippen LogP contribution in [0.15, 0.2) is 25.3 Å². The van der Waals surface area contributed by atoms with Gasteiger partial charge in [0.1, 0.15) is 0 Å². The molecule has 0 fully saturated rings. The average molecular weight is 280 g/mol. The molecule has 0 aromatic heterocycles. The molecule has 0 rings (SSSR count). The maximum atomic E-state index is 9.25. The monoisotopic (exact) mass is 280 g/mol. The van der Waals surface area contributed by atoms with Crippen LogP contribution in [0.1, 0.15) is 13.8 Å². The lowest BCUT2D eigenvalue weighted by Crippen LogP contribution is -2.20. The molecular weight excluding hydrogens is 256 g/mol. The molecule has 114 valence electrons. The van der Waals surface area contributed by atoms with E-state index >= 15 is 0 Å². The first kappa shape index (κ1) is 26.0. The van der Waals surface area contributed by atoms with Gasteiger partial charge in [0.25, 0.3) is 0 Å². The van der Waals surface area contributed by atoms with Crippen LogP contribution in [-0.2, 0) is 9.59 Å². The van der Waals surface area contributed by atoms with Crippen molar-refractivity contribution in [1.82, 2.24) is 0 Å². The molecule has 0 aliphatic rings. The smallest absolute Gasteiger partial charge is 0.327 e. The minimum absolute atomic E-state index is 0.0451. The van der Waals surface area contributed by atoms with E-state index in [0.717, 1.165) is 19.3 Å². The lowest BCUT2D eigenvalue weighted by atomic mass is 9.97. The van der Waals surface area contributed by atoms with Gasteiger partial charge in [-0.05, 0) is 0 Å². The van der Waals surface area contributed by atoms with Crippen LogP contribution >= 0.6 is 0 Å². The molecule has 0 aromatic rings. The summed E-state index contributed by atoms with van der Waals surface area (Å²) in [4.78, 5) is 18.5. The minimum atomic E-state index is -0.981. The highest BCUT2D eigenvalue weighted by atomic mass is 16.4. The lowest BCUT2D eigenvalue weighted by molar-refractivity contribution is -0.132. The molecule has 0 atom stereocenters. The summed E-state index contributed by atoms with van der Waals surface area (Å²) in [5.74, 6) is -1.96. The molecule has 0 saturated heterocycles. The summed E-state index contributed by atoms with van der Waals surface area (Å²) in [7, 11) is 1.00. The van der Waals surface area contributed by atoms with E-state index in [0.29, 0.717) is 0 Å². The summed E-state index contributed by atoms with van der Waals surface area (Å²) in [6.07, 6.45) is 1.67. The van der Waals surface area contributed by atoms with Crippen LogP contribution in [0.4, 0.5) is 0 Å². The Morgan fingerprint density at radius 2 is 1.11 bits per heavy atom. The molecule has 0 unspecified atom stereocenters. The van der Waals surface area contributed by atoms with E-state index in [-0.39, 0.29) is 18.6 Å². The first-order valence-corrected chi connectivity index (χ1v) is 5.04. The number of aliphatic hydroxyl groups excluding tert-OH is 3. The van der Waals surface area contributed by atoms with Crippen molar-refractivity contribution in [1.29, 1.82) is 0 Å². The Labute approximate surface area is 113 Å². The average Bonchev–Trinajstić information content (AvgIpc) is 2.42. The summed E-state index contributed by atoms with van der Waals surface area (Å²) >= 11 is 0. The van der Waals surface area contributed by atoms with E-state index in [1.165, 1.54) is 0 Å². The van der Waals surface area contributed by atoms with E-state index in [1.54, 1.807) is 13.8 Å². The summed E-state index contributed by atoms with van der Waals surface area (Å²) in [6.45, 7) is 9.61. The summed E-state index contributed by atoms with van der Waals surface area (Å²) < 4.78 is 0. The molecule has 0 aliphatic carbocycles. The highest BCUT2D eigenvalue weighted by Crippen LogP contribution is 2.10. The third-order valence-electron chi connectivity index (χ3n) is 1.21. The number of aliphatic hydroxyl groups is 3. The Morgan fingerprint density at radius 1 is 0.947 bits per heavy atom. The highest BCUT2D eigenvalue weighted by molar-refractivity contribution is 5.79. The van der Waals surface area contributed by atoms with Gasteiger partial charge < -0.3 is 25.5 Å². The third-order valence-corrected chi connectivity index (χ3v) is 1.21. The number of hydrogen-bond donors (Lipinski definition) is 5. The number of carboxylic acids is 2. The van der Waals surface area contributed by atoms with Gasteiger partial charge in [-0.1, -0.05) is 27.0 Å². The minimum Gasteiger partial charge on any atom is -0.478 e. The number of carbonyl (C=O) groups is 2. The zero-order valence-corrected chi connectivity index (χ0v) is 11.5. The fourth-order valence-corrected chi connectivity index (χ4v) is 0.0500. The van der Waals surface area contributed by atoms with Gasteiger partial charge in [-0.25, -0.2) is 9.59 Å². The Hall–Kier alpha value is -1.70. The molecule has 0 aromatic carbocycles. The van der Waals surface area contributed by atoms with Crippen molar-refractivity contribution in [3.63, 3.8) is 0 Å². The number of rotatable bonds is 4. The Morgan fingerprint density at radius 3 is 1.11 bits per heavy atom.